The number of carbonyl (C=O) groups excluding carboxylic acids is 2. The van der Waals surface area contributed by atoms with Gasteiger partial charge in [-0.15, -0.1) is 11.8 Å². The molecule has 0 aliphatic heterocycles. The zero-order chi connectivity index (χ0) is 11.8. The van der Waals surface area contributed by atoms with Crippen LogP contribution in [-0.2, 0) is 9.53 Å². The molecule has 0 atom stereocenters. The summed E-state index contributed by atoms with van der Waals surface area (Å²) < 4.78 is 4.82. The molecule has 0 bridgehead atoms. The van der Waals surface area contributed by atoms with Crippen LogP contribution < -0.4 is 0 Å². The molecule has 0 unspecified atom stereocenters. The van der Waals surface area contributed by atoms with Gasteiger partial charge < -0.3 is 4.74 Å². The van der Waals surface area contributed by atoms with E-state index in [4.69, 9.17) is 4.74 Å². The molecule has 0 aliphatic rings. The Morgan fingerprint density at radius 3 is 3.00 bits per heavy atom. The maximum absolute atomic E-state index is 11.1. The lowest BCUT2D eigenvalue weighted by molar-refractivity contribution is -0.142. The highest BCUT2D eigenvalue weighted by atomic mass is 32.2. The standard InChI is InChI=1S/C12H14O3S/c1-2-15-12(14)6-7-16-11-5-3-4-10(8-11)9-13/h3-5,8-9H,2,6-7H2,1H3. The Kier molecular flexibility index (Phi) is 5.64. The van der Waals surface area contributed by atoms with E-state index in [9.17, 15) is 9.59 Å². The van der Waals surface area contributed by atoms with E-state index >= 15 is 0 Å². The van der Waals surface area contributed by atoms with Crippen molar-refractivity contribution in [1.82, 2.24) is 0 Å². The summed E-state index contributed by atoms with van der Waals surface area (Å²) in [5.41, 5.74) is 0.654. The first kappa shape index (κ1) is 12.8. The first-order valence-corrected chi connectivity index (χ1v) is 6.08. The molecule has 1 rings (SSSR count). The third-order valence-electron chi connectivity index (χ3n) is 1.87. The maximum atomic E-state index is 11.1. The van der Waals surface area contributed by atoms with Crippen molar-refractivity contribution in [1.29, 1.82) is 0 Å². The summed E-state index contributed by atoms with van der Waals surface area (Å²) >= 11 is 1.54. The summed E-state index contributed by atoms with van der Waals surface area (Å²) in [5.74, 6) is 0.489. The van der Waals surface area contributed by atoms with Gasteiger partial charge in [-0.2, -0.15) is 0 Å². The topological polar surface area (TPSA) is 43.4 Å². The highest BCUT2D eigenvalue weighted by Gasteiger charge is 2.02. The molecule has 16 heavy (non-hydrogen) atoms. The molecule has 4 heteroatoms. The Hall–Kier alpha value is -1.29. The van der Waals surface area contributed by atoms with Crippen LogP contribution in [-0.4, -0.2) is 24.6 Å². The van der Waals surface area contributed by atoms with Gasteiger partial charge in [-0.05, 0) is 19.1 Å². The van der Waals surface area contributed by atoms with Crippen LogP contribution in [0, 0.1) is 0 Å². The van der Waals surface area contributed by atoms with Crippen LogP contribution in [0.3, 0.4) is 0 Å². The molecule has 0 heterocycles. The minimum Gasteiger partial charge on any atom is -0.466 e. The van der Waals surface area contributed by atoms with Gasteiger partial charge in [0.2, 0.25) is 0 Å². The molecule has 0 saturated heterocycles. The molecule has 0 N–H and O–H groups in total. The minimum atomic E-state index is -0.179. The lowest BCUT2D eigenvalue weighted by atomic mass is 10.2. The van der Waals surface area contributed by atoms with Crippen LogP contribution >= 0.6 is 11.8 Å². The fraction of sp³-hybridized carbons (Fsp3) is 0.333. The van der Waals surface area contributed by atoms with Crippen molar-refractivity contribution in [3.8, 4) is 0 Å². The molecular weight excluding hydrogens is 224 g/mol. The Balaban J connectivity index is 2.36. The maximum Gasteiger partial charge on any atom is 0.306 e. The number of hydrogen-bond donors (Lipinski definition) is 0. The second kappa shape index (κ2) is 7.06. The van der Waals surface area contributed by atoms with Crippen molar-refractivity contribution in [2.75, 3.05) is 12.4 Å². The van der Waals surface area contributed by atoms with Gasteiger partial charge in [-0.3, -0.25) is 9.59 Å². The number of hydrogen-bond acceptors (Lipinski definition) is 4. The third-order valence-corrected chi connectivity index (χ3v) is 2.87. The number of ether oxygens (including phenoxy) is 1. The summed E-state index contributed by atoms with van der Waals surface area (Å²) in [5, 5.41) is 0. The number of thioether (sulfide) groups is 1. The first-order valence-electron chi connectivity index (χ1n) is 5.10. The minimum absolute atomic E-state index is 0.179. The summed E-state index contributed by atoms with van der Waals surface area (Å²) in [4.78, 5) is 22.6. The van der Waals surface area contributed by atoms with E-state index in [-0.39, 0.29) is 5.97 Å². The quantitative estimate of drug-likeness (QED) is 0.434. The molecule has 1 aromatic rings. The Labute approximate surface area is 99.2 Å². The largest absolute Gasteiger partial charge is 0.466 e. The molecule has 0 amide bonds. The van der Waals surface area contributed by atoms with Crippen molar-refractivity contribution in [2.24, 2.45) is 0 Å². The molecular formula is C12H14O3S. The summed E-state index contributed by atoms with van der Waals surface area (Å²) in [6, 6.07) is 7.31. The van der Waals surface area contributed by atoms with Gasteiger partial charge in [0.25, 0.3) is 0 Å². The van der Waals surface area contributed by atoms with E-state index < -0.39 is 0 Å². The summed E-state index contributed by atoms with van der Waals surface area (Å²) in [6.07, 6.45) is 1.21. The van der Waals surface area contributed by atoms with Crippen LogP contribution in [0.15, 0.2) is 29.2 Å². The predicted octanol–water partition coefficient (Wildman–Crippen LogP) is 2.54. The molecule has 0 aliphatic carbocycles. The first-order chi connectivity index (χ1) is 7.76. The zero-order valence-corrected chi connectivity index (χ0v) is 9.96. The lowest BCUT2D eigenvalue weighted by Crippen LogP contribution is -2.04. The van der Waals surface area contributed by atoms with Gasteiger partial charge >= 0.3 is 5.97 Å². The molecule has 0 radical (unpaired) electrons. The molecule has 1 aromatic carbocycles. The molecule has 0 fully saturated rings. The Morgan fingerprint density at radius 1 is 1.50 bits per heavy atom. The smallest absolute Gasteiger partial charge is 0.306 e. The van der Waals surface area contributed by atoms with Crippen molar-refractivity contribution in [2.45, 2.75) is 18.2 Å². The van der Waals surface area contributed by atoms with Gasteiger partial charge in [0.1, 0.15) is 6.29 Å². The summed E-state index contributed by atoms with van der Waals surface area (Å²) in [7, 11) is 0. The highest BCUT2D eigenvalue weighted by molar-refractivity contribution is 7.99. The van der Waals surface area contributed by atoms with E-state index in [0.29, 0.717) is 24.3 Å². The van der Waals surface area contributed by atoms with Gasteiger partial charge in [0.05, 0.1) is 13.0 Å². The number of rotatable bonds is 6. The van der Waals surface area contributed by atoms with Crippen molar-refractivity contribution < 1.29 is 14.3 Å². The van der Waals surface area contributed by atoms with Crippen molar-refractivity contribution in [3.63, 3.8) is 0 Å². The SMILES string of the molecule is CCOC(=O)CCSc1cccc(C=O)c1. The second-order valence-corrected chi connectivity index (χ2v) is 4.26. The van der Waals surface area contributed by atoms with Crippen LogP contribution in [0.2, 0.25) is 0 Å². The van der Waals surface area contributed by atoms with E-state index in [1.54, 1.807) is 24.8 Å². The molecule has 3 nitrogen and oxygen atoms in total. The van der Waals surface area contributed by atoms with E-state index in [1.165, 1.54) is 0 Å². The number of carbonyl (C=O) groups is 2. The van der Waals surface area contributed by atoms with Crippen molar-refractivity contribution in [3.05, 3.63) is 29.8 Å². The van der Waals surface area contributed by atoms with Crippen LogP contribution in [0.5, 0.6) is 0 Å². The Bertz CT molecular complexity index is 363. The van der Waals surface area contributed by atoms with Gasteiger partial charge in [0, 0.05) is 16.2 Å². The lowest BCUT2D eigenvalue weighted by Gasteiger charge is -2.02. The van der Waals surface area contributed by atoms with E-state index in [1.807, 2.05) is 18.2 Å². The monoisotopic (exact) mass is 238 g/mol. The van der Waals surface area contributed by atoms with Crippen LogP contribution in [0.25, 0.3) is 0 Å². The fourth-order valence-corrected chi connectivity index (χ4v) is 2.06. The molecule has 0 spiro atoms. The normalized spacial score (nSPS) is 9.81. The van der Waals surface area contributed by atoms with Gasteiger partial charge in [0.15, 0.2) is 0 Å². The predicted molar refractivity (Wildman–Crippen MR) is 63.8 cm³/mol. The number of benzene rings is 1. The molecule has 0 aromatic heterocycles. The van der Waals surface area contributed by atoms with Crippen molar-refractivity contribution >= 4 is 24.0 Å². The van der Waals surface area contributed by atoms with Crippen LogP contribution in [0.4, 0.5) is 0 Å². The highest BCUT2D eigenvalue weighted by Crippen LogP contribution is 2.19. The third kappa shape index (κ3) is 4.49. The Morgan fingerprint density at radius 2 is 2.31 bits per heavy atom. The average molecular weight is 238 g/mol. The fourth-order valence-electron chi connectivity index (χ4n) is 1.16. The number of esters is 1. The van der Waals surface area contributed by atoms with Gasteiger partial charge in [-0.25, -0.2) is 0 Å². The molecule has 86 valence electrons. The summed E-state index contributed by atoms with van der Waals surface area (Å²) in [6.45, 7) is 2.21. The average Bonchev–Trinajstić information content (AvgIpc) is 2.30. The van der Waals surface area contributed by atoms with Gasteiger partial charge in [-0.1, -0.05) is 12.1 Å². The van der Waals surface area contributed by atoms with E-state index in [2.05, 4.69) is 0 Å². The zero-order valence-electron chi connectivity index (χ0n) is 9.14. The molecule has 0 saturated carbocycles. The van der Waals surface area contributed by atoms with E-state index in [0.717, 1.165) is 11.2 Å². The number of aldehydes is 1. The second-order valence-electron chi connectivity index (χ2n) is 3.09. The van der Waals surface area contributed by atoms with Crippen LogP contribution in [0.1, 0.15) is 23.7 Å².